The van der Waals surface area contributed by atoms with Gasteiger partial charge in [-0.3, -0.25) is 10.1 Å². The van der Waals surface area contributed by atoms with Gasteiger partial charge in [0.2, 0.25) is 0 Å². The van der Waals surface area contributed by atoms with Crippen LogP contribution in [-0.2, 0) is 0 Å². The number of hydrogen-bond acceptors (Lipinski definition) is 4. The van der Waals surface area contributed by atoms with Crippen LogP contribution in [-0.4, -0.2) is 48.6 Å². The zero-order valence-corrected chi connectivity index (χ0v) is 12.8. The van der Waals surface area contributed by atoms with Crippen LogP contribution >= 0.6 is 0 Å². The van der Waals surface area contributed by atoms with Crippen LogP contribution in [0.1, 0.15) is 19.8 Å². The number of anilines is 1. The predicted octanol–water partition coefficient (Wildman–Crippen LogP) is 2.23. The number of hydrogen-bond donors (Lipinski definition) is 1. The van der Waals surface area contributed by atoms with Crippen LogP contribution in [0.5, 0.6) is 0 Å². The van der Waals surface area contributed by atoms with E-state index >= 15 is 0 Å². The van der Waals surface area contributed by atoms with Crippen LogP contribution in [0.15, 0.2) is 24.3 Å². The Morgan fingerprint density at radius 3 is 2.41 bits per heavy atom. The number of carbonyl (C=O) groups is 1. The summed E-state index contributed by atoms with van der Waals surface area (Å²) < 4.78 is 0. The molecule has 2 rings (SSSR count). The highest BCUT2D eigenvalue weighted by molar-refractivity contribution is 5.74. The van der Waals surface area contributed by atoms with Crippen LogP contribution in [0, 0.1) is 10.1 Å². The molecule has 0 atom stereocenters. The second kappa shape index (κ2) is 7.63. The molecule has 0 aliphatic carbocycles. The molecule has 1 heterocycles. The third kappa shape index (κ3) is 4.09. The van der Waals surface area contributed by atoms with Crippen LogP contribution in [0.4, 0.5) is 16.2 Å². The Morgan fingerprint density at radius 2 is 1.86 bits per heavy atom. The van der Waals surface area contributed by atoms with E-state index in [-0.39, 0.29) is 11.7 Å². The van der Waals surface area contributed by atoms with E-state index in [1.807, 2.05) is 4.90 Å². The van der Waals surface area contributed by atoms with Crippen molar-refractivity contribution in [2.24, 2.45) is 0 Å². The number of nitro benzene ring substituents is 1. The van der Waals surface area contributed by atoms with Gasteiger partial charge in [-0.1, -0.05) is 13.3 Å². The lowest BCUT2D eigenvalue weighted by Crippen LogP contribution is -2.52. The fourth-order valence-corrected chi connectivity index (χ4v) is 2.44. The number of urea groups is 1. The Labute approximate surface area is 130 Å². The van der Waals surface area contributed by atoms with Gasteiger partial charge in [0, 0.05) is 50.5 Å². The van der Waals surface area contributed by atoms with Gasteiger partial charge in [0.25, 0.3) is 5.69 Å². The first-order valence-electron chi connectivity index (χ1n) is 7.64. The molecule has 0 saturated carbocycles. The highest BCUT2D eigenvalue weighted by Gasteiger charge is 2.21. The smallest absolute Gasteiger partial charge is 0.317 e. The van der Waals surface area contributed by atoms with Gasteiger partial charge in [-0.05, 0) is 18.6 Å². The van der Waals surface area contributed by atoms with Gasteiger partial charge in [0.1, 0.15) is 0 Å². The molecule has 1 aromatic rings. The quantitative estimate of drug-likeness (QED) is 0.514. The van der Waals surface area contributed by atoms with E-state index in [9.17, 15) is 14.9 Å². The van der Waals surface area contributed by atoms with Crippen LogP contribution in [0.3, 0.4) is 0 Å². The number of rotatable bonds is 5. The maximum atomic E-state index is 12.0. The van der Waals surface area contributed by atoms with Crippen molar-refractivity contribution in [3.05, 3.63) is 34.4 Å². The number of carbonyl (C=O) groups excluding carboxylic acids is 1. The molecular weight excluding hydrogens is 284 g/mol. The van der Waals surface area contributed by atoms with Crippen molar-refractivity contribution in [1.29, 1.82) is 0 Å². The first kappa shape index (κ1) is 16.1. The number of amides is 2. The van der Waals surface area contributed by atoms with Crippen molar-refractivity contribution in [2.75, 3.05) is 37.6 Å². The SMILES string of the molecule is CCCCNC(=O)N1CCN(c2ccc([N+](=O)[O-])cc2)CC1. The van der Waals surface area contributed by atoms with Gasteiger partial charge in [0.15, 0.2) is 0 Å². The van der Waals surface area contributed by atoms with Gasteiger partial charge in [-0.15, -0.1) is 0 Å². The summed E-state index contributed by atoms with van der Waals surface area (Å²) in [5.74, 6) is 0. The normalized spacial score (nSPS) is 14.8. The Kier molecular flexibility index (Phi) is 5.57. The van der Waals surface area contributed by atoms with E-state index in [1.165, 1.54) is 12.1 Å². The summed E-state index contributed by atoms with van der Waals surface area (Å²) in [4.78, 5) is 26.2. The predicted molar refractivity (Wildman–Crippen MR) is 85.2 cm³/mol. The summed E-state index contributed by atoms with van der Waals surface area (Å²) in [6, 6.07) is 6.54. The minimum Gasteiger partial charge on any atom is -0.368 e. The molecular formula is C15H22N4O3. The lowest BCUT2D eigenvalue weighted by Gasteiger charge is -2.36. The third-order valence-corrected chi connectivity index (χ3v) is 3.80. The molecule has 0 bridgehead atoms. The molecule has 7 heteroatoms. The molecule has 1 aliphatic rings. The molecule has 7 nitrogen and oxygen atoms in total. The van der Waals surface area contributed by atoms with Crippen molar-refractivity contribution in [3.63, 3.8) is 0 Å². The van der Waals surface area contributed by atoms with Gasteiger partial charge < -0.3 is 15.1 Å². The molecule has 2 amide bonds. The summed E-state index contributed by atoms with van der Waals surface area (Å²) in [7, 11) is 0. The molecule has 22 heavy (non-hydrogen) atoms. The molecule has 0 aromatic heterocycles. The van der Waals surface area contributed by atoms with Crippen molar-refractivity contribution in [2.45, 2.75) is 19.8 Å². The molecule has 0 unspecified atom stereocenters. The minimum absolute atomic E-state index is 0.00296. The molecule has 0 radical (unpaired) electrons. The Balaban J connectivity index is 1.83. The summed E-state index contributed by atoms with van der Waals surface area (Å²) in [5, 5.41) is 13.6. The van der Waals surface area contributed by atoms with Crippen molar-refractivity contribution in [3.8, 4) is 0 Å². The largest absolute Gasteiger partial charge is 0.368 e. The van der Waals surface area contributed by atoms with E-state index in [0.29, 0.717) is 13.1 Å². The van der Waals surface area contributed by atoms with E-state index in [4.69, 9.17) is 0 Å². The van der Waals surface area contributed by atoms with Gasteiger partial charge in [0.05, 0.1) is 4.92 Å². The van der Waals surface area contributed by atoms with Crippen LogP contribution in [0.25, 0.3) is 0 Å². The zero-order valence-electron chi connectivity index (χ0n) is 12.8. The van der Waals surface area contributed by atoms with Crippen molar-refractivity contribution < 1.29 is 9.72 Å². The maximum absolute atomic E-state index is 12.0. The molecule has 0 spiro atoms. The monoisotopic (exact) mass is 306 g/mol. The lowest BCUT2D eigenvalue weighted by molar-refractivity contribution is -0.384. The molecule has 1 saturated heterocycles. The molecule has 1 aliphatic heterocycles. The first-order valence-corrected chi connectivity index (χ1v) is 7.64. The summed E-state index contributed by atoms with van der Waals surface area (Å²) in [6.45, 7) is 5.61. The Morgan fingerprint density at radius 1 is 1.23 bits per heavy atom. The van der Waals surface area contributed by atoms with E-state index in [2.05, 4.69) is 17.1 Å². The molecule has 1 N–H and O–H groups in total. The fourth-order valence-electron chi connectivity index (χ4n) is 2.44. The van der Waals surface area contributed by atoms with E-state index < -0.39 is 4.92 Å². The third-order valence-electron chi connectivity index (χ3n) is 3.80. The Hall–Kier alpha value is -2.31. The number of nitrogens with zero attached hydrogens (tertiary/aromatic N) is 3. The number of non-ortho nitro benzene ring substituents is 1. The van der Waals surface area contributed by atoms with Crippen molar-refractivity contribution >= 4 is 17.4 Å². The summed E-state index contributed by atoms with van der Waals surface area (Å²) in [6.07, 6.45) is 2.06. The second-order valence-electron chi connectivity index (χ2n) is 5.33. The lowest BCUT2D eigenvalue weighted by atomic mass is 10.2. The van der Waals surface area contributed by atoms with Gasteiger partial charge in [-0.25, -0.2) is 4.79 Å². The number of unbranched alkanes of at least 4 members (excludes halogenated alkanes) is 1. The topological polar surface area (TPSA) is 78.7 Å². The maximum Gasteiger partial charge on any atom is 0.317 e. The molecule has 1 fully saturated rings. The van der Waals surface area contributed by atoms with Crippen LogP contribution < -0.4 is 10.2 Å². The molecule has 1 aromatic carbocycles. The van der Waals surface area contributed by atoms with Gasteiger partial charge >= 0.3 is 6.03 Å². The fraction of sp³-hybridized carbons (Fsp3) is 0.533. The number of nitrogens with one attached hydrogen (secondary N) is 1. The number of benzene rings is 1. The van der Waals surface area contributed by atoms with E-state index in [0.717, 1.165) is 38.2 Å². The second-order valence-corrected chi connectivity index (χ2v) is 5.33. The first-order chi connectivity index (χ1) is 10.6. The highest BCUT2D eigenvalue weighted by atomic mass is 16.6. The Bertz CT molecular complexity index is 510. The summed E-state index contributed by atoms with van der Waals surface area (Å²) in [5.41, 5.74) is 1.05. The standard InChI is InChI=1S/C15H22N4O3/c1-2-3-8-16-15(20)18-11-9-17(10-12-18)13-4-6-14(7-5-13)19(21)22/h4-7H,2-3,8-12H2,1H3,(H,16,20). The minimum atomic E-state index is -0.400. The van der Waals surface area contributed by atoms with Gasteiger partial charge in [-0.2, -0.15) is 0 Å². The number of nitro groups is 1. The zero-order chi connectivity index (χ0) is 15.9. The van der Waals surface area contributed by atoms with E-state index in [1.54, 1.807) is 12.1 Å². The molecule has 120 valence electrons. The average Bonchev–Trinajstić information content (AvgIpc) is 2.55. The van der Waals surface area contributed by atoms with Crippen molar-refractivity contribution in [1.82, 2.24) is 10.2 Å². The number of piperazine rings is 1. The highest BCUT2D eigenvalue weighted by Crippen LogP contribution is 2.20. The average molecular weight is 306 g/mol. The van der Waals surface area contributed by atoms with Crippen LogP contribution in [0.2, 0.25) is 0 Å². The summed E-state index contributed by atoms with van der Waals surface area (Å²) >= 11 is 0.